The number of aliphatic hydroxyl groups is 23. The van der Waals surface area contributed by atoms with E-state index in [1.165, 1.54) is 4.57 Å². The van der Waals surface area contributed by atoms with Crippen LogP contribution < -0.4 is 17.0 Å². The maximum Gasteiger partial charge on any atom is 0.187 e. The van der Waals surface area contributed by atoms with Crippen LogP contribution in [0.25, 0.3) is 0 Å². The SMILES string of the molecule is OC[C@@H]1O[C@@H]2O[C@H]3[C@H](O)[C@@H](O)[C@@H](O[C@H]4[C@H](O)[C@@H](O)[C@@H](O[C@H]5[C@H](O)[C@@H](O)[C@@H](O[C@H]6[C@H](O)[C@H](O)[C@@H](O[C@H]7[C@@H](O)[C@@H](O)[C@@H](O[C@H]8[C@H](O)[C@@H](O)[C@@H](O[C@H]9[C@H](O)[C@H](O)[C@@H](O[C@H]1[C@H](O)[C@H]2O)O[C@@H]9CO)O[C@@H]8CO)O[C@@H]7CO)O[C@@H]6CO)O[C@H]5C[n+]1ccccc1)O[C@H]4CO)O[C@H]3CO.[Cl-]. The van der Waals surface area contributed by atoms with Crippen molar-refractivity contribution in [1.29, 1.82) is 0 Å². The first-order valence-electron chi connectivity index (χ1n) is 30.0. The fourth-order valence-corrected chi connectivity index (χ4v) is 12.7. The van der Waals surface area contributed by atoms with Gasteiger partial charge in [-0.3, -0.25) is 0 Å². The summed E-state index contributed by atoms with van der Waals surface area (Å²) in [5, 5.41) is 258. The molecule has 31 heterocycles. The summed E-state index contributed by atoms with van der Waals surface area (Å²) in [5.41, 5.74) is 0. The normalized spacial score (nSPS) is 52.4. The first-order valence-corrected chi connectivity index (χ1v) is 30.0. The van der Waals surface area contributed by atoms with Crippen molar-refractivity contribution >= 4 is 0 Å². The van der Waals surface area contributed by atoms with E-state index in [9.17, 15) is 117 Å². The standard InChI is InChI=1S/C53H84NO39.ClH/c55-7-15-39-24(64)32(72)48(80-15)89-41-17(9-57)82-50(34(74)26(41)66)91-43-19(11-59)84-52(36(76)28(43)68)93-45-21(13-61)85-53(37(77)29(45)69)92-44-20(12-60)83-51(35(75)27(44)67)90-42-18(10-58)81-49(33(73)25(42)65)88-40-16(8-56)79-47(31(71)23(40)63)86-38-14(6-54-4-2-1-3-5-54)78-46(87-39)30(70)22(38)62;/h1-5,14-53,55-77H,6-13H2;1H/q+1;/p-1/t14-,15+,16-,17+,18-,19+,20-,21+,22+,23+,24+,25+,26-,27+,28+,29+,30+,31+,32-,33+,34+,35+,36+,37-,38+,39+,40+,41+,42+,43+,44+,45+,46+,47+,48+,49+,50+,51+,52+,53+;/m0./s1. The summed E-state index contributed by atoms with van der Waals surface area (Å²) < 4.78 is 94.4. The maximum atomic E-state index is 11.8. The summed E-state index contributed by atoms with van der Waals surface area (Å²) in [6.07, 6.45) is -77.8. The van der Waals surface area contributed by atoms with Gasteiger partial charge in [0.15, 0.2) is 69.3 Å². The molecule has 0 saturated carbocycles. The summed E-state index contributed by atoms with van der Waals surface area (Å²) in [6, 6.07) is 4.86. The van der Waals surface area contributed by atoms with Gasteiger partial charge < -0.3 is 206 Å². The van der Waals surface area contributed by atoms with E-state index in [2.05, 4.69) is 0 Å². The van der Waals surface area contributed by atoms with E-state index >= 15 is 0 Å². The fourth-order valence-electron chi connectivity index (χ4n) is 12.7. The average molecular weight is 1390 g/mol. The van der Waals surface area contributed by atoms with Crippen LogP contribution >= 0.6 is 0 Å². The highest BCUT2D eigenvalue weighted by atomic mass is 35.5. The molecule has 30 fully saturated rings. The zero-order valence-corrected chi connectivity index (χ0v) is 50.0. The summed E-state index contributed by atoms with van der Waals surface area (Å²) in [5.74, 6) is 0. The molecule has 30 saturated heterocycles. The molecule has 542 valence electrons. The van der Waals surface area contributed by atoms with Crippen molar-refractivity contribution in [2.45, 2.75) is 252 Å². The molecule has 23 N–H and O–H groups in total. The van der Waals surface area contributed by atoms with Gasteiger partial charge in [0.2, 0.25) is 0 Å². The maximum absolute atomic E-state index is 11.8. The highest BCUT2D eigenvalue weighted by Crippen LogP contribution is 2.40. The molecular formula is C53H84ClNO39. The van der Waals surface area contributed by atoms with Crippen molar-refractivity contribution in [3.05, 3.63) is 30.6 Å². The lowest BCUT2D eigenvalue weighted by atomic mass is 9.94. The second-order valence-corrected chi connectivity index (χ2v) is 23.8. The van der Waals surface area contributed by atoms with Crippen molar-refractivity contribution < 1.29 is 210 Å². The third-order valence-electron chi connectivity index (χ3n) is 17.9. The smallest absolute Gasteiger partial charge is 0.187 e. The molecule has 0 radical (unpaired) electrons. The van der Waals surface area contributed by atoms with Crippen molar-refractivity contribution in [2.24, 2.45) is 0 Å². The predicted molar refractivity (Wildman–Crippen MR) is 281 cm³/mol. The molecule has 0 unspecified atom stereocenters. The average Bonchev–Trinajstić information content (AvgIpc) is 0.780. The lowest BCUT2D eigenvalue weighted by molar-refractivity contribution is -0.707. The molecule has 1 aromatic heterocycles. The molecule has 0 aliphatic carbocycles. The molecule has 41 heteroatoms. The monoisotopic (exact) mass is 1390 g/mol. The minimum absolute atomic E-state index is 0. The van der Waals surface area contributed by atoms with Gasteiger partial charge in [0.05, 0.1) is 46.2 Å². The first-order chi connectivity index (χ1) is 44.4. The van der Waals surface area contributed by atoms with Gasteiger partial charge in [-0.15, -0.1) is 0 Å². The number of hydrogen-bond acceptors (Lipinski definition) is 39. The van der Waals surface area contributed by atoms with Crippen LogP contribution in [0.5, 0.6) is 0 Å². The zero-order chi connectivity index (χ0) is 67.2. The van der Waals surface area contributed by atoms with Crippen LogP contribution in [0.3, 0.4) is 0 Å². The van der Waals surface area contributed by atoms with Crippen molar-refractivity contribution in [3.63, 3.8) is 0 Å². The molecule has 0 amide bonds. The van der Waals surface area contributed by atoms with Crippen LogP contribution in [-0.2, 0) is 82.3 Å². The number of ether oxygens (including phenoxy) is 16. The minimum atomic E-state index is -2.25. The number of hydrogen-bond donors (Lipinski definition) is 23. The molecule has 16 bridgehead atoms. The number of halogens is 1. The Morgan fingerprint density at radius 3 is 0.511 bits per heavy atom. The lowest BCUT2D eigenvalue weighted by Crippen LogP contribution is -3.00. The van der Waals surface area contributed by atoms with Crippen LogP contribution in [0.2, 0.25) is 0 Å². The van der Waals surface area contributed by atoms with Crippen molar-refractivity contribution in [2.75, 3.05) is 46.2 Å². The molecule has 40 nitrogen and oxygen atoms in total. The van der Waals surface area contributed by atoms with E-state index in [4.69, 9.17) is 75.8 Å². The number of nitrogens with zero attached hydrogens (tertiary/aromatic N) is 1. The molecule has 31 rings (SSSR count). The molecule has 0 aromatic carbocycles. The van der Waals surface area contributed by atoms with Gasteiger partial charge in [-0.1, -0.05) is 6.07 Å². The zero-order valence-electron chi connectivity index (χ0n) is 49.3. The van der Waals surface area contributed by atoms with E-state index in [-0.39, 0.29) is 19.0 Å². The third-order valence-corrected chi connectivity index (χ3v) is 17.9. The van der Waals surface area contributed by atoms with Gasteiger partial charge in [-0.05, 0) is 0 Å². The van der Waals surface area contributed by atoms with Gasteiger partial charge in [0, 0.05) is 12.1 Å². The predicted octanol–water partition coefficient (Wildman–Crippen LogP) is -19.4. The second-order valence-electron chi connectivity index (χ2n) is 23.8. The fraction of sp³-hybridized carbons (Fsp3) is 0.906. The summed E-state index contributed by atoms with van der Waals surface area (Å²) in [4.78, 5) is 0. The Labute approximate surface area is 538 Å². The van der Waals surface area contributed by atoms with Gasteiger partial charge in [-0.2, -0.15) is 0 Å². The van der Waals surface area contributed by atoms with Crippen molar-refractivity contribution in [3.8, 4) is 0 Å². The van der Waals surface area contributed by atoms with E-state index in [1.54, 1.807) is 30.6 Å². The van der Waals surface area contributed by atoms with Crippen LogP contribution in [0.1, 0.15) is 0 Å². The van der Waals surface area contributed by atoms with Crippen molar-refractivity contribution in [1.82, 2.24) is 0 Å². The molecule has 0 spiro atoms. The number of rotatable bonds is 9. The summed E-state index contributed by atoms with van der Waals surface area (Å²) in [6.45, 7) is -7.74. The largest absolute Gasteiger partial charge is 1.00 e. The molecule has 30 aliphatic heterocycles. The quantitative estimate of drug-likeness (QED) is 0.102. The minimum Gasteiger partial charge on any atom is -1.00 e. The first kappa shape index (κ1) is 76.1. The van der Waals surface area contributed by atoms with Gasteiger partial charge in [0.25, 0.3) is 0 Å². The van der Waals surface area contributed by atoms with Gasteiger partial charge in [-0.25, -0.2) is 4.57 Å². The van der Waals surface area contributed by atoms with E-state index in [0.717, 1.165) is 0 Å². The Hall–Kier alpha value is -2.12. The van der Waals surface area contributed by atoms with E-state index < -0.39 is 292 Å². The highest BCUT2D eigenvalue weighted by molar-refractivity contribution is 5.02. The van der Waals surface area contributed by atoms with Crippen LogP contribution in [0.15, 0.2) is 30.6 Å². The van der Waals surface area contributed by atoms with Crippen LogP contribution in [0.4, 0.5) is 0 Å². The summed E-state index contributed by atoms with van der Waals surface area (Å²) in [7, 11) is 0. The van der Waals surface area contributed by atoms with Crippen LogP contribution in [-0.4, -0.2) is 409 Å². The number of aromatic nitrogens is 1. The Bertz CT molecular complexity index is 2450. The topological polar surface area (TPSA) is 617 Å². The Kier molecular flexibility index (Phi) is 26.4. The molecule has 1 aromatic rings. The Morgan fingerprint density at radius 1 is 0.202 bits per heavy atom. The third kappa shape index (κ3) is 15.2. The van der Waals surface area contributed by atoms with E-state index in [0.29, 0.717) is 0 Å². The van der Waals surface area contributed by atoms with Crippen LogP contribution in [0, 0.1) is 0 Å². The second kappa shape index (κ2) is 32.7. The number of aliphatic hydroxyl groups excluding tert-OH is 23. The van der Waals surface area contributed by atoms with Gasteiger partial charge >= 0.3 is 0 Å². The molecule has 40 atom stereocenters. The number of pyridine rings is 1. The molecular weight excluding hydrogens is 1310 g/mol. The van der Waals surface area contributed by atoms with Gasteiger partial charge in [0.1, 0.15) is 195 Å². The highest BCUT2D eigenvalue weighted by Gasteiger charge is 2.60. The Balaban J connectivity index is 0.0000104. The lowest BCUT2D eigenvalue weighted by Gasteiger charge is -2.50. The summed E-state index contributed by atoms with van der Waals surface area (Å²) >= 11 is 0. The molecule has 30 aliphatic rings. The van der Waals surface area contributed by atoms with E-state index in [1.807, 2.05) is 0 Å². The Morgan fingerprint density at radius 2 is 0.351 bits per heavy atom. The molecule has 94 heavy (non-hydrogen) atoms.